The minimum Gasteiger partial charge on any atom is -0.371 e. The average molecular weight is 270 g/mol. The number of carbonyl (C=O) groups excluding carboxylic acids is 1. The molecular weight excluding hydrogens is 252 g/mol. The predicted octanol–water partition coefficient (Wildman–Crippen LogP) is 1.00. The number of fused-ring (bicyclic) bond motifs is 2. The van der Waals surface area contributed by atoms with Crippen molar-refractivity contribution in [2.45, 2.75) is 25.0 Å². The van der Waals surface area contributed by atoms with E-state index in [4.69, 9.17) is 10.5 Å². The van der Waals surface area contributed by atoms with Gasteiger partial charge in [0.25, 0.3) is 5.91 Å². The molecule has 2 heterocycles. The summed E-state index contributed by atoms with van der Waals surface area (Å²) in [4.78, 5) is 14.4. The molecule has 20 heavy (non-hydrogen) atoms. The quantitative estimate of drug-likeness (QED) is 0.775. The van der Waals surface area contributed by atoms with Crippen molar-refractivity contribution in [2.75, 3.05) is 19.6 Å². The first-order valence-corrected chi connectivity index (χ1v) is 7.00. The number of rotatable bonds is 1. The Bertz CT molecular complexity index is 544. The number of morpholine rings is 1. The first-order chi connectivity index (χ1) is 9.76. The molecule has 2 aliphatic rings. The first-order valence-electron chi connectivity index (χ1n) is 7.00. The van der Waals surface area contributed by atoms with Gasteiger partial charge in [-0.2, -0.15) is 0 Å². The average Bonchev–Trinajstić information content (AvgIpc) is 2.83. The zero-order chi connectivity index (χ0) is 13.9. The van der Waals surface area contributed by atoms with Crippen molar-refractivity contribution in [2.24, 2.45) is 5.73 Å². The molecule has 0 radical (unpaired) electrons. The summed E-state index contributed by atoms with van der Waals surface area (Å²) in [6.45, 7) is 1.77. The third-order valence-electron chi connectivity index (χ3n) is 3.80. The Labute approximate surface area is 118 Å². The highest BCUT2D eigenvalue weighted by Gasteiger charge is 2.35. The molecule has 2 aliphatic heterocycles. The molecule has 1 amide bonds. The fourth-order valence-corrected chi connectivity index (χ4v) is 2.81. The van der Waals surface area contributed by atoms with Crippen molar-refractivity contribution in [3.63, 3.8) is 0 Å². The van der Waals surface area contributed by atoms with Gasteiger partial charge in [0, 0.05) is 24.2 Å². The predicted molar refractivity (Wildman–Crippen MR) is 76.2 cm³/mol. The van der Waals surface area contributed by atoms with Crippen molar-refractivity contribution in [1.29, 1.82) is 0 Å². The molecule has 4 nitrogen and oxygen atoms in total. The van der Waals surface area contributed by atoms with Crippen molar-refractivity contribution in [3.05, 3.63) is 35.4 Å². The SMILES string of the molecule is NCC#Cc1ccc(C(=O)N2CC3CCC(C2)O3)cc1. The summed E-state index contributed by atoms with van der Waals surface area (Å²) in [5.41, 5.74) is 6.93. The Hall–Kier alpha value is -1.83. The van der Waals surface area contributed by atoms with Gasteiger partial charge in [-0.3, -0.25) is 4.79 Å². The standard InChI is InChI=1S/C16H18N2O2/c17-9-1-2-12-3-5-13(6-4-12)16(19)18-10-14-7-8-15(11-18)20-14/h3-6,14-15H,7-11,17H2. The van der Waals surface area contributed by atoms with E-state index in [1.165, 1.54) is 0 Å². The molecule has 0 aliphatic carbocycles. The van der Waals surface area contributed by atoms with Gasteiger partial charge >= 0.3 is 0 Å². The summed E-state index contributed by atoms with van der Waals surface area (Å²) in [6.07, 6.45) is 2.60. The highest BCUT2D eigenvalue weighted by atomic mass is 16.5. The van der Waals surface area contributed by atoms with Gasteiger partial charge in [-0.1, -0.05) is 11.8 Å². The van der Waals surface area contributed by atoms with Crippen LogP contribution in [0.2, 0.25) is 0 Å². The van der Waals surface area contributed by atoms with E-state index in [0.29, 0.717) is 25.2 Å². The number of ether oxygens (including phenoxy) is 1. The van der Waals surface area contributed by atoms with Gasteiger partial charge in [0.05, 0.1) is 18.8 Å². The van der Waals surface area contributed by atoms with Crippen LogP contribution in [0, 0.1) is 11.8 Å². The maximum atomic E-state index is 12.5. The Morgan fingerprint density at radius 3 is 2.50 bits per heavy atom. The molecule has 0 spiro atoms. The minimum absolute atomic E-state index is 0.0866. The number of likely N-dealkylation sites (tertiary alicyclic amines) is 1. The van der Waals surface area contributed by atoms with Gasteiger partial charge in [-0.05, 0) is 37.1 Å². The summed E-state index contributed by atoms with van der Waals surface area (Å²) in [5, 5.41) is 0. The topological polar surface area (TPSA) is 55.6 Å². The van der Waals surface area contributed by atoms with E-state index in [0.717, 1.165) is 18.4 Å². The molecule has 0 saturated carbocycles. The van der Waals surface area contributed by atoms with Crippen LogP contribution >= 0.6 is 0 Å². The third kappa shape index (κ3) is 2.69. The number of amides is 1. The van der Waals surface area contributed by atoms with Crippen LogP contribution in [0.5, 0.6) is 0 Å². The molecular formula is C16H18N2O2. The number of hydrogen-bond acceptors (Lipinski definition) is 3. The van der Waals surface area contributed by atoms with Gasteiger partial charge in [0.15, 0.2) is 0 Å². The lowest BCUT2D eigenvalue weighted by Gasteiger charge is -2.32. The van der Waals surface area contributed by atoms with Crippen molar-refractivity contribution < 1.29 is 9.53 Å². The summed E-state index contributed by atoms with van der Waals surface area (Å²) < 4.78 is 5.75. The lowest BCUT2D eigenvalue weighted by molar-refractivity contribution is -0.0303. The first kappa shape index (κ1) is 13.2. The Morgan fingerprint density at radius 1 is 1.25 bits per heavy atom. The van der Waals surface area contributed by atoms with E-state index in [1.807, 2.05) is 29.2 Å². The summed E-state index contributed by atoms with van der Waals surface area (Å²) in [6, 6.07) is 7.40. The van der Waals surface area contributed by atoms with E-state index in [2.05, 4.69) is 11.8 Å². The second-order valence-electron chi connectivity index (χ2n) is 5.25. The molecule has 2 bridgehead atoms. The van der Waals surface area contributed by atoms with Gasteiger partial charge in [-0.15, -0.1) is 0 Å². The molecule has 3 rings (SSSR count). The minimum atomic E-state index is 0.0866. The van der Waals surface area contributed by atoms with E-state index >= 15 is 0 Å². The second kappa shape index (κ2) is 5.66. The van der Waals surface area contributed by atoms with Crippen molar-refractivity contribution in [3.8, 4) is 11.8 Å². The van der Waals surface area contributed by atoms with E-state index < -0.39 is 0 Å². The third-order valence-corrected chi connectivity index (χ3v) is 3.80. The maximum absolute atomic E-state index is 12.5. The molecule has 2 unspecified atom stereocenters. The largest absolute Gasteiger partial charge is 0.371 e. The lowest BCUT2D eigenvalue weighted by atomic mass is 10.1. The summed E-state index contributed by atoms with van der Waals surface area (Å²) >= 11 is 0. The van der Waals surface area contributed by atoms with Crippen LogP contribution in [-0.2, 0) is 4.74 Å². The van der Waals surface area contributed by atoms with Gasteiger partial charge in [0.1, 0.15) is 0 Å². The van der Waals surface area contributed by atoms with Crippen LogP contribution in [0.3, 0.4) is 0 Å². The number of nitrogens with zero attached hydrogens (tertiary/aromatic N) is 1. The number of nitrogens with two attached hydrogens (primary N) is 1. The van der Waals surface area contributed by atoms with E-state index in [-0.39, 0.29) is 18.1 Å². The van der Waals surface area contributed by atoms with E-state index in [9.17, 15) is 4.79 Å². The molecule has 0 aromatic heterocycles. The summed E-state index contributed by atoms with van der Waals surface area (Å²) in [7, 11) is 0. The Balaban J connectivity index is 1.70. The van der Waals surface area contributed by atoms with Crippen molar-refractivity contribution in [1.82, 2.24) is 4.90 Å². The summed E-state index contributed by atoms with van der Waals surface area (Å²) in [5.74, 6) is 5.84. The number of hydrogen-bond donors (Lipinski definition) is 1. The van der Waals surface area contributed by atoms with Crippen LogP contribution in [-0.4, -0.2) is 42.6 Å². The van der Waals surface area contributed by atoms with Gasteiger partial charge in [-0.25, -0.2) is 0 Å². The highest BCUT2D eigenvalue weighted by Crippen LogP contribution is 2.27. The van der Waals surface area contributed by atoms with E-state index in [1.54, 1.807) is 0 Å². The molecule has 1 aromatic carbocycles. The Morgan fingerprint density at radius 2 is 1.90 bits per heavy atom. The smallest absolute Gasteiger partial charge is 0.254 e. The second-order valence-corrected chi connectivity index (χ2v) is 5.25. The van der Waals surface area contributed by atoms with Crippen molar-refractivity contribution >= 4 is 5.91 Å². The maximum Gasteiger partial charge on any atom is 0.254 e. The molecule has 2 saturated heterocycles. The molecule has 2 fully saturated rings. The molecule has 2 N–H and O–H groups in total. The van der Waals surface area contributed by atoms with Crippen LogP contribution in [0.25, 0.3) is 0 Å². The lowest BCUT2D eigenvalue weighted by Crippen LogP contribution is -2.45. The number of benzene rings is 1. The Kier molecular flexibility index (Phi) is 3.72. The fraction of sp³-hybridized carbons (Fsp3) is 0.438. The molecule has 2 atom stereocenters. The van der Waals surface area contributed by atoms with Gasteiger partial charge in [0.2, 0.25) is 0 Å². The number of carbonyl (C=O) groups is 1. The van der Waals surface area contributed by atoms with Gasteiger partial charge < -0.3 is 15.4 Å². The zero-order valence-electron chi connectivity index (χ0n) is 11.3. The van der Waals surface area contributed by atoms with Crippen LogP contribution in [0.15, 0.2) is 24.3 Å². The van der Waals surface area contributed by atoms with Crippen LogP contribution in [0.4, 0.5) is 0 Å². The zero-order valence-corrected chi connectivity index (χ0v) is 11.3. The normalized spacial score (nSPS) is 24.1. The van der Waals surface area contributed by atoms with Crippen LogP contribution in [0.1, 0.15) is 28.8 Å². The fourth-order valence-electron chi connectivity index (χ4n) is 2.81. The molecule has 104 valence electrons. The molecule has 4 heteroatoms. The van der Waals surface area contributed by atoms with Crippen LogP contribution < -0.4 is 5.73 Å². The monoisotopic (exact) mass is 270 g/mol. The molecule has 1 aromatic rings. The highest BCUT2D eigenvalue weighted by molar-refractivity contribution is 5.94.